The van der Waals surface area contributed by atoms with Gasteiger partial charge in [-0.1, -0.05) is 42.5 Å². The molecule has 23 heavy (non-hydrogen) atoms. The van der Waals surface area contributed by atoms with Crippen LogP contribution in [-0.2, 0) is 0 Å². The number of hydrogen-bond acceptors (Lipinski definition) is 4. The first-order valence-corrected chi connectivity index (χ1v) is 6.98. The highest BCUT2D eigenvalue weighted by Gasteiger charge is 2.10. The van der Waals surface area contributed by atoms with Crippen LogP contribution in [0.1, 0.15) is 15.9 Å². The van der Waals surface area contributed by atoms with Gasteiger partial charge in [-0.25, -0.2) is 5.43 Å². The minimum Gasteiger partial charge on any atom is -0.508 e. The lowest BCUT2D eigenvalue weighted by atomic mass is 10.1. The van der Waals surface area contributed by atoms with Gasteiger partial charge in [-0.15, -0.1) is 0 Å². The first-order valence-electron chi connectivity index (χ1n) is 6.98. The number of fused-ring (bicyclic) bond motifs is 1. The topological polar surface area (TPSA) is 81.9 Å². The predicted octanol–water partition coefficient (Wildman–Crippen LogP) is 3.01. The molecule has 0 radical (unpaired) electrons. The summed E-state index contributed by atoms with van der Waals surface area (Å²) in [5, 5.41) is 24.9. The van der Waals surface area contributed by atoms with Crippen molar-refractivity contribution in [2.45, 2.75) is 0 Å². The van der Waals surface area contributed by atoms with E-state index in [1.807, 2.05) is 42.5 Å². The van der Waals surface area contributed by atoms with Crippen molar-refractivity contribution in [1.82, 2.24) is 5.43 Å². The zero-order valence-corrected chi connectivity index (χ0v) is 12.1. The summed E-state index contributed by atoms with van der Waals surface area (Å²) in [6.45, 7) is 0. The minimum absolute atomic E-state index is 0.0397. The standard InChI is InChI=1S/C18H14N2O3/c21-14-8-9-16(17(22)10-14)18(23)20-19-11-13-6-3-5-12-4-1-2-7-15(12)13/h1-11,21-22H,(H,20,23)/b19-11-. The second-order valence-electron chi connectivity index (χ2n) is 4.97. The Morgan fingerprint density at radius 1 is 1.00 bits per heavy atom. The fourth-order valence-corrected chi connectivity index (χ4v) is 2.30. The third-order valence-corrected chi connectivity index (χ3v) is 3.42. The molecule has 3 N–H and O–H groups in total. The van der Waals surface area contributed by atoms with Crippen LogP contribution in [0.4, 0.5) is 0 Å². The van der Waals surface area contributed by atoms with Gasteiger partial charge in [-0.3, -0.25) is 4.79 Å². The normalized spacial score (nSPS) is 11.0. The zero-order chi connectivity index (χ0) is 16.2. The van der Waals surface area contributed by atoms with Crippen molar-refractivity contribution in [2.24, 2.45) is 5.10 Å². The molecule has 0 unspecified atom stereocenters. The number of carbonyl (C=O) groups is 1. The molecule has 0 bridgehead atoms. The summed E-state index contributed by atoms with van der Waals surface area (Å²) in [6.07, 6.45) is 1.55. The average molecular weight is 306 g/mol. The minimum atomic E-state index is -0.556. The molecule has 0 aliphatic carbocycles. The molecule has 0 saturated heterocycles. The summed E-state index contributed by atoms with van der Waals surface area (Å²) in [5.74, 6) is -0.972. The Hall–Kier alpha value is -3.34. The number of carbonyl (C=O) groups excluding carboxylic acids is 1. The van der Waals surface area contributed by atoms with E-state index in [-0.39, 0.29) is 17.1 Å². The van der Waals surface area contributed by atoms with Gasteiger partial charge in [0.1, 0.15) is 11.5 Å². The van der Waals surface area contributed by atoms with E-state index in [4.69, 9.17) is 0 Å². The van der Waals surface area contributed by atoms with Crippen molar-refractivity contribution in [2.75, 3.05) is 0 Å². The Balaban J connectivity index is 1.79. The number of hydrazone groups is 1. The Bertz CT molecular complexity index is 898. The van der Waals surface area contributed by atoms with Crippen LogP contribution in [0.25, 0.3) is 10.8 Å². The van der Waals surface area contributed by atoms with Crippen molar-refractivity contribution < 1.29 is 15.0 Å². The lowest BCUT2D eigenvalue weighted by molar-refractivity contribution is 0.0952. The van der Waals surface area contributed by atoms with E-state index in [1.165, 1.54) is 12.1 Å². The summed E-state index contributed by atoms with van der Waals surface area (Å²) in [7, 11) is 0. The number of phenols is 2. The van der Waals surface area contributed by atoms with E-state index in [9.17, 15) is 15.0 Å². The van der Waals surface area contributed by atoms with E-state index >= 15 is 0 Å². The van der Waals surface area contributed by atoms with Crippen molar-refractivity contribution >= 4 is 22.9 Å². The summed E-state index contributed by atoms with van der Waals surface area (Å²) in [6, 6.07) is 17.4. The molecule has 0 aliphatic rings. The largest absolute Gasteiger partial charge is 0.508 e. The third-order valence-electron chi connectivity index (χ3n) is 3.42. The van der Waals surface area contributed by atoms with Crippen LogP contribution in [0, 0.1) is 0 Å². The predicted molar refractivity (Wildman–Crippen MR) is 88.8 cm³/mol. The smallest absolute Gasteiger partial charge is 0.275 e. The molecule has 0 aromatic heterocycles. The van der Waals surface area contributed by atoms with Crippen LogP contribution in [0.2, 0.25) is 0 Å². The number of benzene rings is 3. The van der Waals surface area contributed by atoms with Crippen molar-refractivity contribution in [3.8, 4) is 11.5 Å². The maximum Gasteiger partial charge on any atom is 0.275 e. The summed E-state index contributed by atoms with van der Waals surface area (Å²) < 4.78 is 0. The van der Waals surface area contributed by atoms with Crippen molar-refractivity contribution in [1.29, 1.82) is 0 Å². The highest BCUT2D eigenvalue weighted by Crippen LogP contribution is 2.22. The molecule has 3 aromatic rings. The maximum atomic E-state index is 12.0. The summed E-state index contributed by atoms with van der Waals surface area (Å²) in [5.41, 5.74) is 3.27. The number of rotatable bonds is 3. The fourth-order valence-electron chi connectivity index (χ4n) is 2.30. The second-order valence-corrected chi connectivity index (χ2v) is 4.97. The summed E-state index contributed by atoms with van der Waals surface area (Å²) >= 11 is 0. The van der Waals surface area contributed by atoms with Gasteiger partial charge in [-0.05, 0) is 22.9 Å². The molecule has 0 heterocycles. The van der Waals surface area contributed by atoms with Gasteiger partial charge in [-0.2, -0.15) is 5.10 Å². The molecule has 0 spiro atoms. The highest BCUT2D eigenvalue weighted by molar-refractivity contribution is 6.01. The van der Waals surface area contributed by atoms with E-state index < -0.39 is 5.91 Å². The van der Waals surface area contributed by atoms with E-state index in [0.717, 1.165) is 22.4 Å². The van der Waals surface area contributed by atoms with Gasteiger partial charge < -0.3 is 10.2 Å². The van der Waals surface area contributed by atoms with Gasteiger partial charge in [0.15, 0.2) is 0 Å². The summed E-state index contributed by atoms with van der Waals surface area (Å²) in [4.78, 5) is 12.0. The third kappa shape index (κ3) is 3.13. The first kappa shape index (κ1) is 14.6. The molecule has 5 heteroatoms. The molecular formula is C18H14N2O3. The highest BCUT2D eigenvalue weighted by atomic mass is 16.3. The van der Waals surface area contributed by atoms with Gasteiger partial charge >= 0.3 is 0 Å². The SMILES string of the molecule is O=C(N/N=C\c1cccc2ccccc12)c1ccc(O)cc1O. The van der Waals surface area contributed by atoms with Crippen LogP contribution in [-0.4, -0.2) is 22.3 Å². The Morgan fingerprint density at radius 2 is 1.78 bits per heavy atom. The number of nitrogens with zero attached hydrogens (tertiary/aromatic N) is 1. The van der Waals surface area contributed by atoms with Gasteiger partial charge in [0.2, 0.25) is 0 Å². The Morgan fingerprint density at radius 3 is 2.61 bits per heavy atom. The Labute approximate surface area is 132 Å². The molecule has 0 atom stereocenters. The van der Waals surface area contributed by atoms with E-state index in [1.54, 1.807) is 6.21 Å². The van der Waals surface area contributed by atoms with Gasteiger partial charge in [0.25, 0.3) is 5.91 Å². The fraction of sp³-hybridized carbons (Fsp3) is 0. The van der Waals surface area contributed by atoms with E-state index in [2.05, 4.69) is 10.5 Å². The zero-order valence-electron chi connectivity index (χ0n) is 12.1. The quantitative estimate of drug-likeness (QED) is 0.514. The average Bonchev–Trinajstić information content (AvgIpc) is 2.55. The number of hydrogen-bond donors (Lipinski definition) is 3. The number of nitrogens with one attached hydrogen (secondary N) is 1. The number of aromatic hydroxyl groups is 2. The van der Waals surface area contributed by atoms with Gasteiger partial charge in [0.05, 0.1) is 11.8 Å². The van der Waals surface area contributed by atoms with Crippen LogP contribution < -0.4 is 5.43 Å². The lowest BCUT2D eigenvalue weighted by Crippen LogP contribution is -2.17. The molecule has 0 aliphatic heterocycles. The maximum absolute atomic E-state index is 12.0. The molecule has 3 aromatic carbocycles. The molecule has 5 nitrogen and oxygen atoms in total. The monoisotopic (exact) mass is 306 g/mol. The molecular weight excluding hydrogens is 292 g/mol. The number of phenolic OH excluding ortho intramolecular Hbond substituents is 2. The van der Waals surface area contributed by atoms with E-state index in [0.29, 0.717) is 0 Å². The van der Waals surface area contributed by atoms with Crippen LogP contribution in [0.15, 0.2) is 65.8 Å². The van der Waals surface area contributed by atoms with Crippen LogP contribution in [0.3, 0.4) is 0 Å². The van der Waals surface area contributed by atoms with Crippen LogP contribution >= 0.6 is 0 Å². The Kier molecular flexibility index (Phi) is 3.93. The van der Waals surface area contributed by atoms with Gasteiger partial charge in [0, 0.05) is 11.6 Å². The van der Waals surface area contributed by atoms with Crippen LogP contribution in [0.5, 0.6) is 11.5 Å². The molecule has 0 saturated carbocycles. The molecule has 0 fully saturated rings. The van der Waals surface area contributed by atoms with Crippen molar-refractivity contribution in [3.05, 3.63) is 71.8 Å². The lowest BCUT2D eigenvalue weighted by Gasteiger charge is -2.04. The molecule has 114 valence electrons. The molecule has 1 amide bonds. The first-order chi connectivity index (χ1) is 11.1. The molecule has 3 rings (SSSR count). The van der Waals surface area contributed by atoms with Crippen molar-refractivity contribution in [3.63, 3.8) is 0 Å². The number of amides is 1. The second kappa shape index (κ2) is 6.19.